The summed E-state index contributed by atoms with van der Waals surface area (Å²) < 4.78 is 10.8. The van der Waals surface area contributed by atoms with E-state index in [0.29, 0.717) is 39.9 Å². The summed E-state index contributed by atoms with van der Waals surface area (Å²) in [7, 11) is 1.52. The minimum absolute atomic E-state index is 0.184. The van der Waals surface area contributed by atoms with Crippen molar-refractivity contribution in [2.75, 3.05) is 18.6 Å². The van der Waals surface area contributed by atoms with Crippen LogP contribution < -0.4 is 19.7 Å². The van der Waals surface area contributed by atoms with E-state index in [2.05, 4.69) is 5.32 Å². The molecule has 2 aromatic rings. The van der Waals surface area contributed by atoms with Crippen LogP contribution in [0.1, 0.15) is 18.1 Å². The number of nitrogens with zero attached hydrogens (tertiary/aromatic N) is 1. The van der Waals surface area contributed by atoms with Crippen molar-refractivity contribution in [3.05, 3.63) is 58.1 Å². The van der Waals surface area contributed by atoms with E-state index in [1.165, 1.54) is 19.3 Å². The Kier molecular flexibility index (Phi) is 5.89. The van der Waals surface area contributed by atoms with Gasteiger partial charge in [-0.25, -0.2) is 9.69 Å². The molecule has 150 valence electrons. The van der Waals surface area contributed by atoms with Crippen LogP contribution in [0.3, 0.4) is 0 Å². The molecule has 1 fully saturated rings. The van der Waals surface area contributed by atoms with Crippen molar-refractivity contribution in [3.63, 3.8) is 0 Å². The smallest absolute Gasteiger partial charge is 0.335 e. The number of carbonyl (C=O) groups excluding carboxylic acids is 3. The Hall–Kier alpha value is -3.32. The van der Waals surface area contributed by atoms with Crippen molar-refractivity contribution in [2.24, 2.45) is 0 Å². The average molecular weight is 415 g/mol. The Balaban J connectivity index is 2.04. The van der Waals surface area contributed by atoms with Crippen LogP contribution in [0.4, 0.5) is 10.5 Å². The maximum absolute atomic E-state index is 13.0. The first-order valence-electron chi connectivity index (χ1n) is 8.84. The molecule has 0 spiro atoms. The molecule has 1 heterocycles. The second kappa shape index (κ2) is 8.36. The molecule has 0 unspecified atom stereocenters. The van der Waals surface area contributed by atoms with Gasteiger partial charge in [0, 0.05) is 5.02 Å². The average Bonchev–Trinajstić information content (AvgIpc) is 2.68. The maximum atomic E-state index is 13.0. The molecule has 0 aromatic heterocycles. The van der Waals surface area contributed by atoms with Gasteiger partial charge in [0.25, 0.3) is 11.8 Å². The molecule has 1 aliphatic rings. The van der Waals surface area contributed by atoms with Crippen molar-refractivity contribution < 1.29 is 23.9 Å². The summed E-state index contributed by atoms with van der Waals surface area (Å²) in [5, 5.41) is 2.56. The lowest BCUT2D eigenvalue weighted by atomic mass is 10.1. The fraction of sp³-hybridized carbons (Fsp3) is 0.190. The van der Waals surface area contributed by atoms with Crippen molar-refractivity contribution in [2.45, 2.75) is 13.8 Å². The fourth-order valence-electron chi connectivity index (χ4n) is 2.92. The molecular formula is C21H19ClN2O5. The molecule has 0 bridgehead atoms. The monoisotopic (exact) mass is 414 g/mol. The summed E-state index contributed by atoms with van der Waals surface area (Å²) in [4.78, 5) is 38.6. The van der Waals surface area contributed by atoms with Gasteiger partial charge in [0.1, 0.15) is 5.57 Å². The van der Waals surface area contributed by atoms with Gasteiger partial charge in [-0.2, -0.15) is 0 Å². The number of carbonyl (C=O) groups is 3. The van der Waals surface area contributed by atoms with Crippen LogP contribution in [-0.2, 0) is 9.59 Å². The van der Waals surface area contributed by atoms with Gasteiger partial charge in [-0.1, -0.05) is 23.7 Å². The minimum Gasteiger partial charge on any atom is -0.493 e. The molecule has 3 rings (SSSR count). The third-order valence-electron chi connectivity index (χ3n) is 4.31. The van der Waals surface area contributed by atoms with Crippen LogP contribution in [0, 0.1) is 6.92 Å². The van der Waals surface area contributed by atoms with E-state index >= 15 is 0 Å². The number of barbiturate groups is 1. The van der Waals surface area contributed by atoms with E-state index in [-0.39, 0.29) is 5.57 Å². The number of hydrogen-bond donors (Lipinski definition) is 1. The van der Waals surface area contributed by atoms with E-state index in [1.807, 2.05) is 6.92 Å². The van der Waals surface area contributed by atoms with Gasteiger partial charge in [-0.05, 0) is 55.3 Å². The molecule has 1 aliphatic heterocycles. The predicted molar refractivity (Wildman–Crippen MR) is 109 cm³/mol. The number of imide groups is 2. The van der Waals surface area contributed by atoms with Gasteiger partial charge in [0.05, 0.1) is 19.4 Å². The zero-order chi connectivity index (χ0) is 21.1. The number of halogens is 1. The van der Waals surface area contributed by atoms with Crippen LogP contribution in [0.2, 0.25) is 5.02 Å². The van der Waals surface area contributed by atoms with E-state index in [0.717, 1.165) is 4.90 Å². The lowest BCUT2D eigenvalue weighted by Gasteiger charge is -2.27. The highest BCUT2D eigenvalue weighted by Gasteiger charge is 2.37. The first kappa shape index (κ1) is 20.4. The molecule has 7 nitrogen and oxygen atoms in total. The predicted octanol–water partition coefficient (Wildman–Crippen LogP) is 3.72. The van der Waals surface area contributed by atoms with Gasteiger partial charge in [-0.3, -0.25) is 14.9 Å². The highest BCUT2D eigenvalue weighted by molar-refractivity contribution is 6.39. The zero-order valence-corrected chi connectivity index (χ0v) is 16.9. The number of urea groups is 1. The van der Waals surface area contributed by atoms with Gasteiger partial charge < -0.3 is 9.47 Å². The lowest BCUT2D eigenvalue weighted by Crippen LogP contribution is -2.54. The summed E-state index contributed by atoms with van der Waals surface area (Å²) in [6, 6.07) is 9.03. The molecule has 2 aromatic carbocycles. The number of amides is 4. The van der Waals surface area contributed by atoms with Crippen molar-refractivity contribution in [1.29, 1.82) is 0 Å². The summed E-state index contributed by atoms with van der Waals surface area (Å²) in [5.74, 6) is -0.506. The van der Waals surface area contributed by atoms with E-state index < -0.39 is 17.8 Å². The lowest BCUT2D eigenvalue weighted by molar-refractivity contribution is -0.122. The van der Waals surface area contributed by atoms with Gasteiger partial charge in [0.15, 0.2) is 11.5 Å². The molecule has 1 N–H and O–H groups in total. The summed E-state index contributed by atoms with van der Waals surface area (Å²) in [6.07, 6.45) is 1.40. The summed E-state index contributed by atoms with van der Waals surface area (Å²) in [6.45, 7) is 4.00. The summed E-state index contributed by atoms with van der Waals surface area (Å²) in [5.41, 5.74) is 1.33. The number of hydrogen-bond acceptors (Lipinski definition) is 5. The number of nitrogens with one attached hydrogen (secondary N) is 1. The quantitative estimate of drug-likeness (QED) is 0.595. The van der Waals surface area contributed by atoms with Gasteiger partial charge in [0.2, 0.25) is 0 Å². The first-order chi connectivity index (χ1) is 13.8. The van der Waals surface area contributed by atoms with E-state index in [9.17, 15) is 14.4 Å². The molecule has 0 radical (unpaired) electrons. The van der Waals surface area contributed by atoms with Crippen molar-refractivity contribution in [1.82, 2.24) is 5.32 Å². The number of ether oxygens (including phenoxy) is 2. The number of aryl methyl sites for hydroxylation is 1. The van der Waals surface area contributed by atoms with E-state index in [4.69, 9.17) is 21.1 Å². The number of methoxy groups -OCH3 is 1. The minimum atomic E-state index is -0.827. The van der Waals surface area contributed by atoms with Crippen molar-refractivity contribution in [3.8, 4) is 11.5 Å². The van der Waals surface area contributed by atoms with E-state index in [1.54, 1.807) is 37.3 Å². The molecular weight excluding hydrogens is 396 g/mol. The maximum Gasteiger partial charge on any atom is 0.335 e. The molecule has 29 heavy (non-hydrogen) atoms. The van der Waals surface area contributed by atoms with Gasteiger partial charge in [-0.15, -0.1) is 0 Å². The molecule has 0 aliphatic carbocycles. The normalized spacial score (nSPS) is 15.5. The topological polar surface area (TPSA) is 84.9 Å². The Labute approximate surface area is 172 Å². The first-order valence-corrected chi connectivity index (χ1v) is 9.22. The number of benzene rings is 2. The van der Waals surface area contributed by atoms with Crippen LogP contribution >= 0.6 is 11.6 Å². The zero-order valence-electron chi connectivity index (χ0n) is 16.1. The van der Waals surface area contributed by atoms with Crippen LogP contribution in [0.5, 0.6) is 11.5 Å². The third kappa shape index (κ3) is 4.09. The molecule has 0 atom stereocenters. The SMILES string of the molecule is CCOc1cc(/C=C2\C(=O)NC(=O)N(c3cc(Cl)ccc3C)C2=O)ccc1OC. The molecule has 0 saturated carbocycles. The molecule has 8 heteroatoms. The van der Waals surface area contributed by atoms with Crippen LogP contribution in [0.15, 0.2) is 42.0 Å². The standard InChI is InChI=1S/C21H19ClN2O5/c1-4-29-18-10-13(6-8-17(18)28-3)9-15-19(25)23-21(27)24(20(15)26)16-11-14(22)7-5-12(16)2/h5-11H,4H2,1-3H3,(H,23,25,27)/b15-9+. The largest absolute Gasteiger partial charge is 0.493 e. The Morgan fingerprint density at radius 2 is 1.86 bits per heavy atom. The Bertz CT molecular complexity index is 1030. The second-order valence-corrected chi connectivity index (χ2v) is 6.67. The number of rotatable bonds is 5. The molecule has 4 amide bonds. The van der Waals surface area contributed by atoms with Crippen molar-refractivity contribution >= 4 is 41.2 Å². The third-order valence-corrected chi connectivity index (χ3v) is 4.55. The molecule has 1 saturated heterocycles. The fourth-order valence-corrected chi connectivity index (χ4v) is 3.08. The second-order valence-electron chi connectivity index (χ2n) is 6.23. The Morgan fingerprint density at radius 3 is 2.55 bits per heavy atom. The summed E-state index contributed by atoms with van der Waals surface area (Å²) >= 11 is 6.02. The highest BCUT2D eigenvalue weighted by Crippen LogP contribution is 2.31. The van der Waals surface area contributed by atoms with Gasteiger partial charge >= 0.3 is 6.03 Å². The number of anilines is 1. The highest BCUT2D eigenvalue weighted by atomic mass is 35.5. The Morgan fingerprint density at radius 1 is 1.10 bits per heavy atom. The van der Waals surface area contributed by atoms with Crippen LogP contribution in [0.25, 0.3) is 6.08 Å². The van der Waals surface area contributed by atoms with Crippen LogP contribution in [-0.4, -0.2) is 31.6 Å².